The molecule has 0 aliphatic rings. The second-order valence-electron chi connectivity index (χ2n) is 4.05. The minimum absolute atomic E-state index is 0.0780. The van der Waals surface area contributed by atoms with E-state index in [1.54, 1.807) is 34.3 Å². The van der Waals surface area contributed by atoms with Crippen LogP contribution in [-0.4, -0.2) is 48.8 Å². The molecule has 0 aromatic heterocycles. The van der Waals surface area contributed by atoms with Gasteiger partial charge in [0.25, 0.3) is 0 Å². The van der Waals surface area contributed by atoms with Gasteiger partial charge in [-0.05, 0) is 19.8 Å². The van der Waals surface area contributed by atoms with Crippen LogP contribution >= 0.6 is 0 Å². The van der Waals surface area contributed by atoms with E-state index in [-0.39, 0.29) is 12.0 Å². The zero-order valence-electron chi connectivity index (χ0n) is 12.2. The highest BCUT2D eigenvalue weighted by Gasteiger charge is 2.37. The van der Waals surface area contributed by atoms with Crippen LogP contribution in [-0.2, 0) is 22.8 Å². The number of carbonyl (C=O) groups excluding carboxylic acids is 1. The molecule has 0 saturated carbocycles. The molecule has 0 spiro atoms. The first kappa shape index (κ1) is 18.3. The van der Waals surface area contributed by atoms with Gasteiger partial charge in [0.05, 0.1) is 6.61 Å². The largest absolute Gasteiger partial charge is 0.500 e. The van der Waals surface area contributed by atoms with Crippen LogP contribution in [0.15, 0.2) is 12.2 Å². The van der Waals surface area contributed by atoms with Gasteiger partial charge >= 0.3 is 14.8 Å². The van der Waals surface area contributed by atoms with Crippen LogP contribution in [0.25, 0.3) is 0 Å². The Morgan fingerprint density at radius 2 is 1.79 bits per heavy atom. The Morgan fingerprint density at radius 1 is 1.21 bits per heavy atom. The van der Waals surface area contributed by atoms with Crippen molar-refractivity contribution in [2.45, 2.75) is 31.9 Å². The smallest absolute Gasteiger partial charge is 0.462 e. The summed E-state index contributed by atoms with van der Waals surface area (Å²) in [4.78, 5) is 11.1. The summed E-state index contributed by atoms with van der Waals surface area (Å²) in [6.45, 7) is 2.07. The number of allylic oxidation sites excluding steroid dienone is 1. The lowest BCUT2D eigenvalue weighted by molar-refractivity contribution is -0.137. The van der Waals surface area contributed by atoms with Gasteiger partial charge in [0, 0.05) is 39.5 Å². The number of hydrogen-bond donors (Lipinski definition) is 1. The fourth-order valence-corrected chi connectivity index (χ4v) is 3.39. The van der Waals surface area contributed by atoms with Crippen LogP contribution in [0.5, 0.6) is 0 Å². The molecule has 112 valence electrons. The first-order valence-electron chi connectivity index (χ1n) is 6.24. The van der Waals surface area contributed by atoms with Gasteiger partial charge in [0.15, 0.2) is 0 Å². The summed E-state index contributed by atoms with van der Waals surface area (Å²) in [7, 11) is 2.17. The van der Waals surface area contributed by atoms with E-state index in [9.17, 15) is 4.79 Å². The van der Waals surface area contributed by atoms with E-state index in [0.717, 1.165) is 0 Å². The zero-order valence-corrected chi connectivity index (χ0v) is 13.2. The number of rotatable bonds is 10. The molecule has 2 N–H and O–H groups in total. The van der Waals surface area contributed by atoms with Gasteiger partial charge in [0.1, 0.15) is 0 Å². The maximum atomic E-state index is 11.1. The predicted octanol–water partition coefficient (Wildman–Crippen LogP) is 1.09. The molecule has 6 nitrogen and oxygen atoms in total. The van der Waals surface area contributed by atoms with Gasteiger partial charge in [-0.2, -0.15) is 0 Å². The summed E-state index contributed by atoms with van der Waals surface area (Å²) < 4.78 is 20.9. The normalized spacial score (nSPS) is 13.7. The number of esters is 1. The van der Waals surface area contributed by atoms with Crippen LogP contribution in [0.4, 0.5) is 0 Å². The van der Waals surface area contributed by atoms with Crippen molar-refractivity contribution in [1.82, 2.24) is 0 Å². The third-order valence-electron chi connectivity index (χ3n) is 2.79. The number of hydrogen-bond acceptors (Lipinski definition) is 6. The third-order valence-corrected chi connectivity index (χ3v) is 5.56. The minimum atomic E-state index is -2.55. The second-order valence-corrected chi connectivity index (χ2v) is 7.14. The topological polar surface area (TPSA) is 80.0 Å². The van der Waals surface area contributed by atoms with E-state index >= 15 is 0 Å². The molecule has 0 aromatic carbocycles. The lowest BCUT2D eigenvalue weighted by atomic mass is 10.2. The third kappa shape index (κ3) is 7.43. The van der Waals surface area contributed by atoms with E-state index in [0.29, 0.717) is 25.5 Å². The molecule has 0 amide bonds. The maximum Gasteiger partial charge on any atom is 0.500 e. The van der Waals surface area contributed by atoms with Crippen molar-refractivity contribution in [2.24, 2.45) is 5.73 Å². The molecule has 0 radical (unpaired) electrons. The second kappa shape index (κ2) is 10.1. The molecule has 0 fully saturated rings. The molecule has 7 heteroatoms. The molecule has 0 aliphatic heterocycles. The minimum Gasteiger partial charge on any atom is -0.462 e. The molecule has 0 rings (SSSR count). The molecule has 0 bridgehead atoms. The van der Waals surface area contributed by atoms with Gasteiger partial charge in [-0.15, -0.1) is 0 Å². The monoisotopic (exact) mass is 291 g/mol. The molecule has 1 atom stereocenters. The van der Waals surface area contributed by atoms with E-state index < -0.39 is 8.80 Å². The average molecular weight is 291 g/mol. The van der Waals surface area contributed by atoms with Gasteiger partial charge in [-0.25, -0.2) is 4.79 Å². The molecule has 19 heavy (non-hydrogen) atoms. The Balaban J connectivity index is 3.92. The van der Waals surface area contributed by atoms with Gasteiger partial charge in [0.2, 0.25) is 0 Å². The number of ether oxygens (including phenoxy) is 1. The highest BCUT2D eigenvalue weighted by molar-refractivity contribution is 6.60. The maximum absolute atomic E-state index is 11.1. The van der Waals surface area contributed by atoms with Crippen molar-refractivity contribution in [3.05, 3.63) is 12.2 Å². The molecular weight excluding hydrogens is 266 g/mol. The van der Waals surface area contributed by atoms with Crippen molar-refractivity contribution in [2.75, 3.05) is 27.9 Å². The summed E-state index contributed by atoms with van der Waals surface area (Å²) in [6, 6.07) is 0.561. The Bertz CT molecular complexity index is 273. The Morgan fingerprint density at radius 3 is 2.26 bits per heavy atom. The van der Waals surface area contributed by atoms with Crippen LogP contribution < -0.4 is 5.73 Å². The van der Waals surface area contributed by atoms with E-state index in [1.165, 1.54) is 6.08 Å². The van der Waals surface area contributed by atoms with Crippen molar-refractivity contribution in [1.29, 1.82) is 0 Å². The first-order valence-corrected chi connectivity index (χ1v) is 8.17. The van der Waals surface area contributed by atoms with Crippen LogP contribution in [0.1, 0.15) is 19.8 Å². The fraction of sp³-hybridized carbons (Fsp3) is 0.750. The van der Waals surface area contributed by atoms with E-state index in [4.69, 9.17) is 23.7 Å². The highest BCUT2D eigenvalue weighted by atomic mass is 28.4. The van der Waals surface area contributed by atoms with E-state index in [1.807, 2.05) is 0 Å². The van der Waals surface area contributed by atoms with Crippen molar-refractivity contribution < 1.29 is 22.8 Å². The van der Waals surface area contributed by atoms with Crippen molar-refractivity contribution in [3.63, 3.8) is 0 Å². The summed E-state index contributed by atoms with van der Waals surface area (Å²) in [5, 5.41) is 0. The fourth-order valence-electron chi connectivity index (χ4n) is 1.56. The van der Waals surface area contributed by atoms with Gasteiger partial charge in [-0.1, -0.05) is 6.08 Å². The Kier molecular flexibility index (Phi) is 9.71. The van der Waals surface area contributed by atoms with Crippen LogP contribution in [0.3, 0.4) is 0 Å². The zero-order chi connectivity index (χ0) is 14.7. The summed E-state index contributed by atoms with van der Waals surface area (Å²) in [5.74, 6) is -0.343. The molecular formula is C12H25NO5Si. The summed E-state index contributed by atoms with van der Waals surface area (Å²) >= 11 is 0. The lowest BCUT2D eigenvalue weighted by Gasteiger charge is -2.25. The molecule has 0 aromatic rings. The molecule has 0 saturated heterocycles. The quantitative estimate of drug-likeness (QED) is 0.369. The summed E-state index contributed by atoms with van der Waals surface area (Å²) in [5.41, 5.74) is 5.95. The van der Waals surface area contributed by atoms with Crippen LogP contribution in [0, 0.1) is 0 Å². The molecule has 0 heterocycles. The first-order chi connectivity index (χ1) is 9.03. The SMILES string of the molecule is CC=CC(=O)OCCC(N)CC[Si](OC)(OC)OC. The average Bonchev–Trinajstić information content (AvgIpc) is 2.41. The van der Waals surface area contributed by atoms with Crippen LogP contribution in [0.2, 0.25) is 6.04 Å². The van der Waals surface area contributed by atoms with Crippen molar-refractivity contribution in [3.8, 4) is 0 Å². The molecule has 1 unspecified atom stereocenters. The lowest BCUT2D eigenvalue weighted by Crippen LogP contribution is -2.44. The van der Waals surface area contributed by atoms with E-state index in [2.05, 4.69) is 0 Å². The predicted molar refractivity (Wildman–Crippen MR) is 74.6 cm³/mol. The number of nitrogens with two attached hydrogens (primary N) is 1. The molecule has 0 aliphatic carbocycles. The highest BCUT2D eigenvalue weighted by Crippen LogP contribution is 2.16. The Labute approximate surface area is 116 Å². The summed E-state index contributed by atoms with van der Waals surface area (Å²) in [6.07, 6.45) is 4.32. The van der Waals surface area contributed by atoms with Crippen molar-refractivity contribution >= 4 is 14.8 Å². The van der Waals surface area contributed by atoms with Gasteiger partial charge in [-0.3, -0.25) is 0 Å². The van der Waals surface area contributed by atoms with Gasteiger partial charge < -0.3 is 23.7 Å². The Hall–Kier alpha value is -0.733. The number of carbonyl (C=O) groups is 1. The standard InChI is InChI=1S/C12H25NO5Si/c1-5-6-12(14)18-9-7-11(13)8-10-19(15-2,16-3)17-4/h5-6,11H,7-10,13H2,1-4H3.